The fourth-order valence-corrected chi connectivity index (χ4v) is 3.71. The predicted octanol–water partition coefficient (Wildman–Crippen LogP) is 3.26. The number of thioether (sulfide) groups is 1. The summed E-state index contributed by atoms with van der Waals surface area (Å²) in [4.78, 5) is 0. The molecule has 0 bridgehead atoms. The van der Waals surface area contributed by atoms with Gasteiger partial charge in [0.25, 0.3) is 0 Å². The topological polar surface area (TPSA) is 42.7 Å². The molecule has 0 saturated heterocycles. The van der Waals surface area contributed by atoms with E-state index in [2.05, 4.69) is 33.9 Å². The molecule has 2 heterocycles. The van der Waals surface area contributed by atoms with Crippen molar-refractivity contribution >= 4 is 11.8 Å². The molecule has 4 nitrogen and oxygen atoms in total. The number of nitrogens with one attached hydrogen (secondary N) is 1. The van der Waals surface area contributed by atoms with Crippen LogP contribution in [0.5, 0.6) is 0 Å². The number of rotatable bonds is 8. The Hall–Kier alpha value is -0.550. The minimum absolute atomic E-state index is 0.648. The van der Waals surface area contributed by atoms with Gasteiger partial charge in [-0.15, -0.1) is 10.2 Å². The quantitative estimate of drug-likeness (QED) is 0.590. The van der Waals surface area contributed by atoms with E-state index in [1.165, 1.54) is 44.3 Å². The molecule has 0 aliphatic carbocycles. The van der Waals surface area contributed by atoms with Crippen molar-refractivity contribution in [3.05, 3.63) is 5.82 Å². The summed E-state index contributed by atoms with van der Waals surface area (Å²) in [6.07, 6.45) is 8.81. The van der Waals surface area contributed by atoms with E-state index in [4.69, 9.17) is 0 Å². The third kappa shape index (κ3) is 4.77. The van der Waals surface area contributed by atoms with Gasteiger partial charge in [-0.25, -0.2) is 0 Å². The van der Waals surface area contributed by atoms with E-state index in [0.29, 0.717) is 6.04 Å². The van der Waals surface area contributed by atoms with Gasteiger partial charge in [0.1, 0.15) is 5.82 Å². The average molecular weight is 296 g/mol. The normalized spacial score (nSPS) is 16.7. The van der Waals surface area contributed by atoms with Crippen molar-refractivity contribution in [1.29, 1.82) is 0 Å². The Morgan fingerprint density at radius 1 is 1.25 bits per heavy atom. The number of aromatic nitrogens is 3. The van der Waals surface area contributed by atoms with Crippen LogP contribution in [0.1, 0.15) is 58.2 Å². The Morgan fingerprint density at radius 3 is 3.00 bits per heavy atom. The first kappa shape index (κ1) is 15.8. The lowest BCUT2D eigenvalue weighted by Crippen LogP contribution is -2.25. The van der Waals surface area contributed by atoms with Crippen LogP contribution in [0.2, 0.25) is 0 Å². The molecular formula is C15H28N4S. The van der Waals surface area contributed by atoms with Gasteiger partial charge in [0.05, 0.1) is 0 Å². The molecule has 1 N–H and O–H groups in total. The van der Waals surface area contributed by atoms with Crippen LogP contribution >= 0.6 is 11.8 Å². The zero-order chi connectivity index (χ0) is 14.2. The highest BCUT2D eigenvalue weighted by atomic mass is 32.2. The van der Waals surface area contributed by atoms with Gasteiger partial charge in [0, 0.05) is 24.8 Å². The lowest BCUT2D eigenvalue weighted by Gasteiger charge is -2.11. The smallest absolute Gasteiger partial charge is 0.191 e. The summed E-state index contributed by atoms with van der Waals surface area (Å²) in [7, 11) is 0. The molecule has 0 aromatic carbocycles. The van der Waals surface area contributed by atoms with E-state index >= 15 is 0 Å². The molecule has 1 aliphatic rings. The van der Waals surface area contributed by atoms with Crippen LogP contribution in [0.4, 0.5) is 0 Å². The highest BCUT2D eigenvalue weighted by molar-refractivity contribution is 7.99. The number of nitrogens with zero attached hydrogens (tertiary/aromatic N) is 3. The minimum atomic E-state index is 0.648. The number of hydrogen-bond acceptors (Lipinski definition) is 4. The van der Waals surface area contributed by atoms with Crippen molar-refractivity contribution < 1.29 is 0 Å². The van der Waals surface area contributed by atoms with Crippen molar-refractivity contribution in [2.24, 2.45) is 0 Å². The van der Waals surface area contributed by atoms with Crippen molar-refractivity contribution in [3.63, 3.8) is 0 Å². The molecule has 1 aromatic heterocycles. The first-order valence-corrected chi connectivity index (χ1v) is 9.08. The van der Waals surface area contributed by atoms with Crippen molar-refractivity contribution in [2.45, 2.75) is 76.5 Å². The third-order valence-corrected chi connectivity index (χ3v) is 4.94. The number of hydrogen-bond donors (Lipinski definition) is 1. The highest BCUT2D eigenvalue weighted by Crippen LogP contribution is 2.22. The second-order valence-corrected chi connectivity index (χ2v) is 6.73. The van der Waals surface area contributed by atoms with Crippen LogP contribution in [0.3, 0.4) is 0 Å². The second kappa shape index (κ2) is 8.67. The molecule has 0 spiro atoms. The molecular weight excluding hydrogens is 268 g/mol. The van der Waals surface area contributed by atoms with E-state index < -0.39 is 0 Å². The van der Waals surface area contributed by atoms with Crippen LogP contribution in [0, 0.1) is 0 Å². The largest absolute Gasteiger partial charge is 0.315 e. The summed E-state index contributed by atoms with van der Waals surface area (Å²) >= 11 is 1.88. The zero-order valence-electron chi connectivity index (χ0n) is 12.9. The number of unbranched alkanes of at least 4 members (excludes halogenated alkanes) is 1. The Labute approximate surface area is 127 Å². The summed E-state index contributed by atoms with van der Waals surface area (Å²) in [6.45, 7) is 6.63. The van der Waals surface area contributed by atoms with Crippen molar-refractivity contribution in [3.8, 4) is 0 Å². The van der Waals surface area contributed by atoms with Gasteiger partial charge in [0.15, 0.2) is 5.16 Å². The van der Waals surface area contributed by atoms with Gasteiger partial charge < -0.3 is 9.88 Å². The Balaban J connectivity index is 1.68. The lowest BCUT2D eigenvalue weighted by atomic mass is 10.1. The Morgan fingerprint density at radius 2 is 2.15 bits per heavy atom. The predicted molar refractivity (Wildman–Crippen MR) is 85.3 cm³/mol. The summed E-state index contributed by atoms with van der Waals surface area (Å²) < 4.78 is 2.35. The summed E-state index contributed by atoms with van der Waals surface area (Å²) in [6, 6.07) is 0.648. The van der Waals surface area contributed by atoms with Crippen molar-refractivity contribution in [1.82, 2.24) is 20.1 Å². The van der Waals surface area contributed by atoms with Crippen molar-refractivity contribution in [2.75, 3.05) is 12.3 Å². The molecule has 0 fully saturated rings. The molecule has 5 heteroatoms. The average Bonchev–Trinajstić information content (AvgIpc) is 2.67. The van der Waals surface area contributed by atoms with Gasteiger partial charge in [0.2, 0.25) is 0 Å². The molecule has 0 amide bonds. The maximum atomic E-state index is 4.37. The molecule has 0 saturated carbocycles. The first-order chi connectivity index (χ1) is 9.81. The standard InChI is InChI=1S/C15H28N4S/c1-3-16-13(2)9-6-8-12-20-15-18-17-14-10-5-4-7-11-19(14)15/h13,16H,3-12H2,1-2H3. The van der Waals surface area contributed by atoms with Gasteiger partial charge >= 0.3 is 0 Å². The molecule has 2 rings (SSSR count). The monoisotopic (exact) mass is 296 g/mol. The SMILES string of the molecule is CCNC(C)CCCCSc1nnc2n1CCCCC2. The maximum Gasteiger partial charge on any atom is 0.191 e. The second-order valence-electron chi connectivity index (χ2n) is 5.66. The first-order valence-electron chi connectivity index (χ1n) is 8.09. The third-order valence-electron chi connectivity index (χ3n) is 3.89. The minimum Gasteiger partial charge on any atom is -0.315 e. The molecule has 0 radical (unpaired) electrons. The molecule has 1 aliphatic heterocycles. The Kier molecular flexibility index (Phi) is 6.87. The van der Waals surface area contributed by atoms with E-state index in [1.54, 1.807) is 0 Å². The summed E-state index contributed by atoms with van der Waals surface area (Å²) in [5, 5.41) is 13.3. The van der Waals surface area contributed by atoms with Crippen LogP contribution in [-0.2, 0) is 13.0 Å². The van der Waals surface area contributed by atoms with Gasteiger partial charge in [-0.05, 0) is 39.2 Å². The summed E-state index contributed by atoms with van der Waals surface area (Å²) in [5.41, 5.74) is 0. The number of fused-ring (bicyclic) bond motifs is 1. The number of aryl methyl sites for hydroxylation is 1. The zero-order valence-corrected chi connectivity index (χ0v) is 13.7. The van der Waals surface area contributed by atoms with Crippen LogP contribution in [0.25, 0.3) is 0 Å². The molecule has 20 heavy (non-hydrogen) atoms. The van der Waals surface area contributed by atoms with E-state index in [9.17, 15) is 0 Å². The Bertz CT molecular complexity index is 391. The molecule has 1 unspecified atom stereocenters. The van der Waals surface area contributed by atoms with Crippen LogP contribution in [0.15, 0.2) is 5.16 Å². The summed E-state index contributed by atoms with van der Waals surface area (Å²) in [5.74, 6) is 2.36. The van der Waals surface area contributed by atoms with Gasteiger partial charge in [-0.3, -0.25) is 0 Å². The van der Waals surface area contributed by atoms with E-state index in [0.717, 1.165) is 30.4 Å². The van der Waals surface area contributed by atoms with Crippen LogP contribution in [-0.4, -0.2) is 33.1 Å². The lowest BCUT2D eigenvalue weighted by molar-refractivity contribution is 0.510. The van der Waals surface area contributed by atoms with E-state index in [1.807, 2.05) is 11.8 Å². The van der Waals surface area contributed by atoms with Crippen LogP contribution < -0.4 is 5.32 Å². The highest BCUT2D eigenvalue weighted by Gasteiger charge is 2.14. The fourth-order valence-electron chi connectivity index (χ4n) is 2.73. The van der Waals surface area contributed by atoms with E-state index in [-0.39, 0.29) is 0 Å². The molecule has 114 valence electrons. The molecule has 1 aromatic rings. The van der Waals surface area contributed by atoms with Gasteiger partial charge in [-0.2, -0.15) is 0 Å². The maximum absolute atomic E-state index is 4.37. The van der Waals surface area contributed by atoms with Gasteiger partial charge in [-0.1, -0.05) is 31.5 Å². The fraction of sp³-hybridized carbons (Fsp3) is 0.867. The molecule has 1 atom stereocenters.